The van der Waals surface area contributed by atoms with Crippen LogP contribution in [0.3, 0.4) is 0 Å². The van der Waals surface area contributed by atoms with E-state index in [1.165, 1.54) is 11.6 Å². The van der Waals surface area contributed by atoms with Crippen molar-refractivity contribution in [1.82, 2.24) is 4.98 Å². The number of ether oxygens (including phenoxy) is 1. The monoisotopic (exact) mass is 271 g/mol. The van der Waals surface area contributed by atoms with Crippen molar-refractivity contribution in [2.45, 2.75) is 26.4 Å². The number of benzene rings is 1. The fourth-order valence-corrected chi connectivity index (χ4v) is 1.88. The van der Waals surface area contributed by atoms with Crippen LogP contribution in [-0.4, -0.2) is 16.1 Å². The smallest absolute Gasteiger partial charge is 0.354 e. The number of pyridine rings is 1. The highest BCUT2D eigenvalue weighted by atomic mass is 16.5. The number of carboxylic acid groups (broad SMARTS) is 1. The summed E-state index contributed by atoms with van der Waals surface area (Å²) in [6.45, 7) is 2.40. The Morgan fingerprint density at radius 1 is 1.20 bits per heavy atom. The van der Waals surface area contributed by atoms with Gasteiger partial charge in [-0.1, -0.05) is 31.5 Å². The Bertz CT molecular complexity index is 579. The first-order valence-corrected chi connectivity index (χ1v) is 6.60. The molecule has 0 spiro atoms. The zero-order chi connectivity index (χ0) is 14.4. The summed E-state index contributed by atoms with van der Waals surface area (Å²) < 4.78 is 5.60. The number of aromatic carboxylic acids is 1. The van der Waals surface area contributed by atoms with Gasteiger partial charge in [-0.05, 0) is 36.2 Å². The van der Waals surface area contributed by atoms with Gasteiger partial charge in [0.2, 0.25) is 0 Å². The molecule has 20 heavy (non-hydrogen) atoms. The highest BCUT2D eigenvalue weighted by molar-refractivity contribution is 5.85. The molecule has 2 aromatic rings. The SMILES string of the molecule is CCCc1ccc(OCc2cccc(C(=O)O)n2)cc1. The molecule has 4 nitrogen and oxygen atoms in total. The van der Waals surface area contributed by atoms with E-state index in [1.54, 1.807) is 12.1 Å². The molecule has 1 N–H and O–H groups in total. The van der Waals surface area contributed by atoms with Gasteiger partial charge in [-0.25, -0.2) is 9.78 Å². The molecule has 0 amide bonds. The van der Waals surface area contributed by atoms with Crippen LogP contribution in [0.4, 0.5) is 0 Å². The lowest BCUT2D eigenvalue weighted by atomic mass is 10.1. The van der Waals surface area contributed by atoms with Crippen molar-refractivity contribution in [2.75, 3.05) is 0 Å². The number of carbonyl (C=O) groups is 1. The molecule has 4 heteroatoms. The first kappa shape index (κ1) is 14.1. The number of nitrogens with zero attached hydrogens (tertiary/aromatic N) is 1. The second-order valence-electron chi connectivity index (χ2n) is 4.50. The standard InChI is InChI=1S/C16H17NO3/c1-2-4-12-7-9-14(10-8-12)20-11-13-5-3-6-15(17-13)16(18)19/h3,5-10H,2,4,11H2,1H3,(H,18,19). The third-order valence-corrected chi connectivity index (χ3v) is 2.87. The largest absolute Gasteiger partial charge is 0.487 e. The molecule has 0 saturated carbocycles. The lowest BCUT2D eigenvalue weighted by Crippen LogP contribution is -2.04. The fraction of sp³-hybridized carbons (Fsp3) is 0.250. The Morgan fingerprint density at radius 3 is 2.60 bits per heavy atom. The van der Waals surface area contributed by atoms with Gasteiger partial charge in [0.15, 0.2) is 0 Å². The predicted molar refractivity (Wildman–Crippen MR) is 76.0 cm³/mol. The molecule has 0 bridgehead atoms. The number of rotatable bonds is 6. The van der Waals surface area contributed by atoms with Crippen LogP contribution in [-0.2, 0) is 13.0 Å². The molecule has 0 aliphatic rings. The predicted octanol–water partition coefficient (Wildman–Crippen LogP) is 3.31. The number of hydrogen-bond acceptors (Lipinski definition) is 3. The van der Waals surface area contributed by atoms with Gasteiger partial charge < -0.3 is 9.84 Å². The highest BCUT2D eigenvalue weighted by Crippen LogP contribution is 2.14. The lowest BCUT2D eigenvalue weighted by Gasteiger charge is -2.07. The molecule has 2 rings (SSSR count). The Kier molecular flexibility index (Phi) is 4.71. The maximum Gasteiger partial charge on any atom is 0.354 e. The van der Waals surface area contributed by atoms with E-state index in [0.29, 0.717) is 5.69 Å². The van der Waals surface area contributed by atoms with Gasteiger partial charge in [-0.15, -0.1) is 0 Å². The molecular weight excluding hydrogens is 254 g/mol. The lowest BCUT2D eigenvalue weighted by molar-refractivity contribution is 0.0690. The summed E-state index contributed by atoms with van der Waals surface area (Å²) in [7, 11) is 0. The van der Waals surface area contributed by atoms with Crippen LogP contribution in [0.2, 0.25) is 0 Å². The van der Waals surface area contributed by atoms with Gasteiger partial charge in [0.25, 0.3) is 0 Å². The van der Waals surface area contributed by atoms with Crippen LogP contribution < -0.4 is 4.74 Å². The van der Waals surface area contributed by atoms with Crippen molar-refractivity contribution >= 4 is 5.97 Å². The van der Waals surface area contributed by atoms with E-state index in [9.17, 15) is 4.79 Å². The Hall–Kier alpha value is -2.36. The summed E-state index contributed by atoms with van der Waals surface area (Å²) in [5.74, 6) is -0.275. The van der Waals surface area contributed by atoms with Crippen LogP contribution >= 0.6 is 0 Å². The van der Waals surface area contributed by atoms with Crippen molar-refractivity contribution in [3.8, 4) is 5.75 Å². The molecule has 0 radical (unpaired) electrons. The molecule has 0 fully saturated rings. The Labute approximate surface area is 118 Å². The molecule has 0 atom stereocenters. The average Bonchev–Trinajstić information content (AvgIpc) is 2.47. The normalized spacial score (nSPS) is 10.2. The van der Waals surface area contributed by atoms with Crippen LogP contribution in [0.15, 0.2) is 42.5 Å². The quantitative estimate of drug-likeness (QED) is 0.875. The summed E-state index contributed by atoms with van der Waals surface area (Å²) in [6.07, 6.45) is 2.18. The van der Waals surface area contributed by atoms with Crippen molar-refractivity contribution < 1.29 is 14.6 Å². The second-order valence-corrected chi connectivity index (χ2v) is 4.50. The maximum atomic E-state index is 10.8. The van der Waals surface area contributed by atoms with Gasteiger partial charge in [0.1, 0.15) is 18.1 Å². The molecule has 104 valence electrons. The number of carboxylic acids is 1. The van der Waals surface area contributed by atoms with Crippen molar-refractivity contribution in [3.63, 3.8) is 0 Å². The van der Waals surface area contributed by atoms with E-state index in [1.807, 2.05) is 24.3 Å². The zero-order valence-corrected chi connectivity index (χ0v) is 11.4. The summed E-state index contributed by atoms with van der Waals surface area (Å²) in [5.41, 5.74) is 1.91. The molecule has 0 aliphatic carbocycles. The third kappa shape index (κ3) is 3.82. The van der Waals surface area contributed by atoms with E-state index in [0.717, 1.165) is 18.6 Å². The summed E-state index contributed by atoms with van der Waals surface area (Å²) >= 11 is 0. The van der Waals surface area contributed by atoms with Gasteiger partial charge in [-0.2, -0.15) is 0 Å². The van der Waals surface area contributed by atoms with Crippen molar-refractivity contribution in [3.05, 3.63) is 59.4 Å². The van der Waals surface area contributed by atoms with Gasteiger partial charge in [-0.3, -0.25) is 0 Å². The van der Waals surface area contributed by atoms with Gasteiger partial charge in [0, 0.05) is 0 Å². The minimum atomic E-state index is -1.03. The number of hydrogen-bond donors (Lipinski definition) is 1. The second kappa shape index (κ2) is 6.70. The van der Waals surface area contributed by atoms with Crippen molar-refractivity contribution in [2.24, 2.45) is 0 Å². The van der Waals surface area contributed by atoms with E-state index < -0.39 is 5.97 Å². The van der Waals surface area contributed by atoms with Crippen molar-refractivity contribution in [1.29, 1.82) is 0 Å². The van der Waals surface area contributed by atoms with Crippen LogP contribution in [0, 0.1) is 0 Å². The summed E-state index contributed by atoms with van der Waals surface area (Å²) in [5, 5.41) is 8.87. The first-order valence-electron chi connectivity index (χ1n) is 6.60. The van der Waals surface area contributed by atoms with E-state index in [2.05, 4.69) is 11.9 Å². The minimum absolute atomic E-state index is 0.0318. The number of aryl methyl sites for hydroxylation is 1. The molecule has 0 unspecified atom stereocenters. The molecule has 0 aliphatic heterocycles. The Balaban J connectivity index is 1.97. The third-order valence-electron chi connectivity index (χ3n) is 2.87. The van der Waals surface area contributed by atoms with Crippen LogP contribution in [0.25, 0.3) is 0 Å². The average molecular weight is 271 g/mol. The van der Waals surface area contributed by atoms with Crippen LogP contribution in [0.5, 0.6) is 5.75 Å². The van der Waals surface area contributed by atoms with Crippen LogP contribution in [0.1, 0.15) is 35.1 Å². The summed E-state index contributed by atoms with van der Waals surface area (Å²) in [6, 6.07) is 12.8. The Morgan fingerprint density at radius 2 is 1.95 bits per heavy atom. The fourth-order valence-electron chi connectivity index (χ4n) is 1.88. The van der Waals surface area contributed by atoms with E-state index in [4.69, 9.17) is 9.84 Å². The zero-order valence-electron chi connectivity index (χ0n) is 11.4. The van der Waals surface area contributed by atoms with Gasteiger partial charge in [0.05, 0.1) is 5.69 Å². The van der Waals surface area contributed by atoms with E-state index >= 15 is 0 Å². The molecular formula is C16H17NO3. The molecule has 1 heterocycles. The first-order chi connectivity index (χ1) is 9.69. The molecule has 1 aromatic carbocycles. The summed E-state index contributed by atoms with van der Waals surface area (Å²) in [4.78, 5) is 14.8. The molecule has 0 saturated heterocycles. The molecule has 1 aromatic heterocycles. The topological polar surface area (TPSA) is 59.4 Å². The number of aromatic nitrogens is 1. The highest BCUT2D eigenvalue weighted by Gasteiger charge is 2.05. The minimum Gasteiger partial charge on any atom is -0.487 e. The van der Waals surface area contributed by atoms with Gasteiger partial charge >= 0.3 is 5.97 Å². The van der Waals surface area contributed by atoms with E-state index in [-0.39, 0.29) is 12.3 Å². The maximum absolute atomic E-state index is 10.8.